The van der Waals surface area contributed by atoms with E-state index in [1.54, 1.807) is 0 Å². The summed E-state index contributed by atoms with van der Waals surface area (Å²) in [5.41, 5.74) is 7.33. The lowest BCUT2D eigenvalue weighted by Gasteiger charge is -2.23. The van der Waals surface area contributed by atoms with Gasteiger partial charge in [0.25, 0.3) is 0 Å². The van der Waals surface area contributed by atoms with Gasteiger partial charge in [0, 0.05) is 11.7 Å². The highest BCUT2D eigenvalue weighted by Gasteiger charge is 2.24. The minimum absolute atomic E-state index is 0.0969. The lowest BCUT2D eigenvalue weighted by molar-refractivity contribution is -0.383. The Labute approximate surface area is 146 Å². The van der Waals surface area contributed by atoms with Crippen molar-refractivity contribution in [1.29, 1.82) is 0 Å². The molecule has 4 N–H and O–H groups in total. The van der Waals surface area contributed by atoms with E-state index >= 15 is 0 Å². The van der Waals surface area contributed by atoms with Crippen LogP contribution < -0.4 is 16.4 Å². The molecular formula is C17H22N6O2. The Morgan fingerprint density at radius 3 is 2.48 bits per heavy atom. The first-order chi connectivity index (χ1) is 12.0. The smallest absolute Gasteiger partial charge is 0.353 e. The average molecular weight is 342 g/mol. The number of benzene rings is 1. The molecule has 0 spiro atoms. The molecular weight excluding hydrogens is 320 g/mol. The van der Waals surface area contributed by atoms with Crippen LogP contribution in [0.5, 0.6) is 0 Å². The Hall–Kier alpha value is -2.90. The molecule has 8 nitrogen and oxygen atoms in total. The molecule has 0 saturated heterocycles. The summed E-state index contributed by atoms with van der Waals surface area (Å²) in [6, 6.07) is 7.79. The van der Waals surface area contributed by atoms with Gasteiger partial charge in [-0.2, -0.15) is 9.97 Å². The fourth-order valence-corrected chi connectivity index (χ4v) is 3.01. The van der Waals surface area contributed by atoms with E-state index in [2.05, 4.69) is 20.6 Å². The standard InChI is InChI=1S/C17H22N6O2/c1-11-7-9-13(10-8-11)19-16-14(23(24)25)15(18)21-17(22-16)20-12-5-3-2-4-6-12/h7-10,12H,2-6H2,1H3,(H4,18,19,20,21,22). The second kappa shape index (κ2) is 7.33. The van der Waals surface area contributed by atoms with E-state index < -0.39 is 4.92 Å². The highest BCUT2D eigenvalue weighted by molar-refractivity contribution is 5.74. The van der Waals surface area contributed by atoms with Gasteiger partial charge in [-0.3, -0.25) is 10.1 Å². The Morgan fingerprint density at radius 2 is 1.84 bits per heavy atom. The molecule has 8 heteroatoms. The van der Waals surface area contributed by atoms with Crippen molar-refractivity contribution in [3.8, 4) is 0 Å². The van der Waals surface area contributed by atoms with Gasteiger partial charge < -0.3 is 16.4 Å². The third-order valence-corrected chi connectivity index (χ3v) is 4.35. The molecule has 1 heterocycles. The van der Waals surface area contributed by atoms with Gasteiger partial charge in [-0.1, -0.05) is 37.0 Å². The number of nitrogens with zero attached hydrogens (tertiary/aromatic N) is 3. The Balaban J connectivity index is 1.89. The van der Waals surface area contributed by atoms with Crippen LogP contribution in [0.4, 0.5) is 29.0 Å². The predicted molar refractivity (Wildman–Crippen MR) is 98.1 cm³/mol. The van der Waals surface area contributed by atoms with Crippen LogP contribution in [-0.2, 0) is 0 Å². The number of nitrogens with one attached hydrogen (secondary N) is 2. The van der Waals surface area contributed by atoms with Gasteiger partial charge in [-0.05, 0) is 31.9 Å². The summed E-state index contributed by atoms with van der Waals surface area (Å²) in [5.74, 6) is 0.275. The highest BCUT2D eigenvalue weighted by atomic mass is 16.6. The third-order valence-electron chi connectivity index (χ3n) is 4.35. The molecule has 3 rings (SSSR count). The molecule has 1 fully saturated rings. The summed E-state index contributed by atoms with van der Waals surface area (Å²) in [5, 5.41) is 17.6. The number of rotatable bonds is 5. The minimum atomic E-state index is -0.559. The molecule has 132 valence electrons. The van der Waals surface area contributed by atoms with Crippen molar-refractivity contribution in [2.24, 2.45) is 0 Å². The largest absolute Gasteiger partial charge is 0.378 e. The molecule has 0 unspecified atom stereocenters. The van der Waals surface area contributed by atoms with Crippen LogP contribution in [0.2, 0.25) is 0 Å². The molecule has 25 heavy (non-hydrogen) atoms. The maximum absolute atomic E-state index is 11.4. The van der Waals surface area contributed by atoms with Gasteiger partial charge in [0.1, 0.15) is 0 Å². The lowest BCUT2D eigenvalue weighted by Crippen LogP contribution is -2.24. The number of anilines is 4. The molecule has 1 saturated carbocycles. The normalized spacial score (nSPS) is 14.9. The van der Waals surface area contributed by atoms with E-state index in [9.17, 15) is 10.1 Å². The Morgan fingerprint density at radius 1 is 1.16 bits per heavy atom. The van der Waals surface area contributed by atoms with Crippen LogP contribution in [0, 0.1) is 17.0 Å². The van der Waals surface area contributed by atoms with Crippen molar-refractivity contribution in [2.45, 2.75) is 45.1 Å². The number of nitrogen functional groups attached to an aromatic ring is 1. The molecule has 0 atom stereocenters. The van der Waals surface area contributed by atoms with E-state index in [-0.39, 0.29) is 23.4 Å². The molecule has 1 aliphatic carbocycles. The number of nitrogens with two attached hydrogens (primary N) is 1. The van der Waals surface area contributed by atoms with Crippen molar-refractivity contribution in [3.05, 3.63) is 39.9 Å². The Bertz CT molecular complexity index is 756. The summed E-state index contributed by atoms with van der Waals surface area (Å²) in [7, 11) is 0. The summed E-state index contributed by atoms with van der Waals surface area (Å²) in [6.45, 7) is 1.97. The molecule has 2 aromatic rings. The second-order valence-corrected chi connectivity index (χ2v) is 6.36. The fourth-order valence-electron chi connectivity index (χ4n) is 3.01. The van der Waals surface area contributed by atoms with Crippen molar-refractivity contribution >= 4 is 29.0 Å². The third kappa shape index (κ3) is 4.14. The maximum Gasteiger partial charge on any atom is 0.353 e. The SMILES string of the molecule is Cc1ccc(Nc2nc(NC3CCCCC3)nc(N)c2[N+](=O)[O-])cc1. The predicted octanol–water partition coefficient (Wildman–Crippen LogP) is 3.76. The van der Waals surface area contributed by atoms with E-state index in [0.717, 1.165) is 31.2 Å². The molecule has 0 amide bonds. The summed E-state index contributed by atoms with van der Waals surface area (Å²) < 4.78 is 0. The van der Waals surface area contributed by atoms with Gasteiger partial charge in [-0.25, -0.2) is 0 Å². The Kier molecular flexibility index (Phi) is 4.97. The zero-order chi connectivity index (χ0) is 17.8. The zero-order valence-electron chi connectivity index (χ0n) is 14.2. The first-order valence-corrected chi connectivity index (χ1v) is 8.45. The quantitative estimate of drug-likeness (QED) is 0.559. The van der Waals surface area contributed by atoms with Gasteiger partial charge in [-0.15, -0.1) is 0 Å². The van der Waals surface area contributed by atoms with Crippen molar-refractivity contribution in [2.75, 3.05) is 16.4 Å². The lowest BCUT2D eigenvalue weighted by atomic mass is 9.96. The van der Waals surface area contributed by atoms with Crippen LogP contribution in [0.1, 0.15) is 37.7 Å². The van der Waals surface area contributed by atoms with Crippen molar-refractivity contribution in [3.63, 3.8) is 0 Å². The zero-order valence-corrected chi connectivity index (χ0v) is 14.2. The van der Waals surface area contributed by atoms with Gasteiger partial charge in [0.15, 0.2) is 0 Å². The van der Waals surface area contributed by atoms with E-state index in [0.29, 0.717) is 11.6 Å². The minimum Gasteiger partial charge on any atom is -0.378 e. The van der Waals surface area contributed by atoms with E-state index in [1.165, 1.54) is 6.42 Å². The fraction of sp³-hybridized carbons (Fsp3) is 0.412. The van der Waals surface area contributed by atoms with Crippen LogP contribution in [0.15, 0.2) is 24.3 Å². The van der Waals surface area contributed by atoms with Crippen LogP contribution >= 0.6 is 0 Å². The number of hydrogen-bond acceptors (Lipinski definition) is 7. The summed E-state index contributed by atoms with van der Waals surface area (Å²) >= 11 is 0. The number of hydrogen-bond donors (Lipinski definition) is 3. The second-order valence-electron chi connectivity index (χ2n) is 6.36. The van der Waals surface area contributed by atoms with E-state index in [4.69, 9.17) is 5.73 Å². The number of nitro groups is 1. The van der Waals surface area contributed by atoms with Gasteiger partial charge >= 0.3 is 5.69 Å². The topological polar surface area (TPSA) is 119 Å². The number of aromatic nitrogens is 2. The first-order valence-electron chi connectivity index (χ1n) is 8.45. The molecule has 0 bridgehead atoms. The summed E-state index contributed by atoms with van der Waals surface area (Å²) in [6.07, 6.45) is 5.65. The van der Waals surface area contributed by atoms with Crippen LogP contribution in [0.3, 0.4) is 0 Å². The molecule has 1 aromatic heterocycles. The molecule has 0 aliphatic heterocycles. The van der Waals surface area contributed by atoms with Crippen molar-refractivity contribution in [1.82, 2.24) is 9.97 Å². The van der Waals surface area contributed by atoms with E-state index in [1.807, 2.05) is 31.2 Å². The summed E-state index contributed by atoms with van der Waals surface area (Å²) in [4.78, 5) is 19.2. The van der Waals surface area contributed by atoms with Crippen LogP contribution in [-0.4, -0.2) is 20.9 Å². The molecule has 1 aliphatic rings. The maximum atomic E-state index is 11.4. The van der Waals surface area contributed by atoms with Crippen molar-refractivity contribution < 1.29 is 4.92 Å². The van der Waals surface area contributed by atoms with Crippen LogP contribution in [0.25, 0.3) is 0 Å². The van der Waals surface area contributed by atoms with Gasteiger partial charge in [0.2, 0.25) is 17.6 Å². The first kappa shape index (κ1) is 16.9. The highest BCUT2D eigenvalue weighted by Crippen LogP contribution is 2.32. The molecule has 1 aromatic carbocycles. The average Bonchev–Trinajstić information content (AvgIpc) is 2.57. The van der Waals surface area contributed by atoms with Gasteiger partial charge in [0.05, 0.1) is 4.92 Å². The number of aryl methyl sites for hydroxylation is 1. The monoisotopic (exact) mass is 342 g/mol. The molecule has 0 radical (unpaired) electrons.